The Bertz CT molecular complexity index is 1080. The third-order valence-electron chi connectivity index (χ3n) is 5.16. The normalized spacial score (nSPS) is 11.1. The number of anilines is 2. The minimum absolute atomic E-state index is 0.190. The average Bonchev–Trinajstić information content (AvgIpc) is 3.26. The zero-order valence-corrected chi connectivity index (χ0v) is 22.6. The standard InChI is InChI=1S/C24H30IN7OS/c1-4-31(5-2)21-13-7-18(8-14-21)15-27-29-23(33)17-34-24-30-28-22(32(24)6-3)16-26-20-11-9-19(25)10-12-20/h7-15,26H,4-6,16-17H2,1-3H3,(H,29,33)/b27-15+. The van der Waals surface area contributed by atoms with Gasteiger partial charge in [-0.2, -0.15) is 5.10 Å². The van der Waals surface area contributed by atoms with E-state index in [-0.39, 0.29) is 11.7 Å². The lowest BCUT2D eigenvalue weighted by Gasteiger charge is -2.20. The van der Waals surface area contributed by atoms with E-state index in [1.807, 2.05) is 35.8 Å². The van der Waals surface area contributed by atoms with Gasteiger partial charge in [0.05, 0.1) is 18.5 Å². The smallest absolute Gasteiger partial charge is 0.250 e. The molecule has 3 rings (SSSR count). The van der Waals surface area contributed by atoms with E-state index in [0.717, 1.165) is 36.7 Å². The maximum Gasteiger partial charge on any atom is 0.250 e. The van der Waals surface area contributed by atoms with Gasteiger partial charge in [0.1, 0.15) is 0 Å². The lowest BCUT2D eigenvalue weighted by molar-refractivity contribution is -0.118. The molecule has 0 atom stereocenters. The molecule has 0 fully saturated rings. The Balaban J connectivity index is 1.48. The summed E-state index contributed by atoms with van der Waals surface area (Å²) in [5, 5.41) is 16.7. The van der Waals surface area contributed by atoms with Gasteiger partial charge in [0, 0.05) is 34.6 Å². The van der Waals surface area contributed by atoms with Crippen LogP contribution in [0.25, 0.3) is 0 Å². The van der Waals surface area contributed by atoms with E-state index in [1.54, 1.807) is 6.21 Å². The quantitative estimate of drug-likeness (QED) is 0.139. The van der Waals surface area contributed by atoms with Crippen molar-refractivity contribution in [2.75, 3.05) is 29.1 Å². The molecule has 0 spiro atoms. The molecule has 2 aromatic carbocycles. The minimum atomic E-state index is -0.190. The van der Waals surface area contributed by atoms with Crippen molar-refractivity contribution < 1.29 is 4.79 Å². The summed E-state index contributed by atoms with van der Waals surface area (Å²) in [7, 11) is 0. The van der Waals surface area contributed by atoms with Crippen molar-refractivity contribution in [3.8, 4) is 0 Å². The van der Waals surface area contributed by atoms with Gasteiger partial charge in [0.2, 0.25) is 0 Å². The molecule has 0 aliphatic carbocycles. The van der Waals surface area contributed by atoms with Crippen molar-refractivity contribution in [1.82, 2.24) is 20.2 Å². The molecule has 0 unspecified atom stereocenters. The molecule has 0 radical (unpaired) electrons. The second-order valence-corrected chi connectivity index (χ2v) is 9.54. The molecule has 1 heterocycles. The van der Waals surface area contributed by atoms with E-state index in [1.165, 1.54) is 21.0 Å². The van der Waals surface area contributed by atoms with E-state index in [9.17, 15) is 4.79 Å². The molecule has 10 heteroatoms. The highest BCUT2D eigenvalue weighted by Crippen LogP contribution is 2.18. The van der Waals surface area contributed by atoms with E-state index in [0.29, 0.717) is 11.7 Å². The Morgan fingerprint density at radius 2 is 1.79 bits per heavy atom. The first kappa shape index (κ1) is 26.0. The maximum absolute atomic E-state index is 12.2. The number of nitrogens with zero attached hydrogens (tertiary/aromatic N) is 5. The molecule has 180 valence electrons. The first-order valence-electron chi connectivity index (χ1n) is 11.2. The Morgan fingerprint density at radius 3 is 2.44 bits per heavy atom. The summed E-state index contributed by atoms with van der Waals surface area (Å²) in [6.07, 6.45) is 1.65. The second kappa shape index (κ2) is 13.3. The van der Waals surface area contributed by atoms with Crippen LogP contribution in [0.2, 0.25) is 0 Å². The molecule has 1 amide bonds. The monoisotopic (exact) mass is 591 g/mol. The summed E-state index contributed by atoms with van der Waals surface area (Å²) in [5.74, 6) is 0.848. The summed E-state index contributed by atoms with van der Waals surface area (Å²) in [6, 6.07) is 16.3. The Morgan fingerprint density at radius 1 is 1.09 bits per heavy atom. The van der Waals surface area contributed by atoms with Gasteiger partial charge in [-0.05, 0) is 85.3 Å². The van der Waals surface area contributed by atoms with Gasteiger partial charge < -0.3 is 14.8 Å². The third kappa shape index (κ3) is 7.45. The van der Waals surface area contributed by atoms with E-state index < -0.39 is 0 Å². The van der Waals surface area contributed by atoms with Crippen molar-refractivity contribution in [2.45, 2.75) is 39.0 Å². The zero-order valence-electron chi connectivity index (χ0n) is 19.7. The molecule has 3 aromatic rings. The van der Waals surface area contributed by atoms with Gasteiger partial charge >= 0.3 is 0 Å². The molecular weight excluding hydrogens is 561 g/mol. The SMILES string of the molecule is CCN(CC)c1ccc(/C=N/NC(=O)CSc2nnc(CNc3ccc(I)cc3)n2CC)cc1. The number of hydrogen-bond acceptors (Lipinski definition) is 7. The van der Waals surface area contributed by atoms with Crippen LogP contribution in [-0.2, 0) is 17.9 Å². The Hall–Kier alpha value is -2.60. The van der Waals surface area contributed by atoms with Gasteiger partial charge in [-0.1, -0.05) is 23.9 Å². The lowest BCUT2D eigenvalue weighted by atomic mass is 10.2. The number of benzene rings is 2. The van der Waals surface area contributed by atoms with E-state index >= 15 is 0 Å². The van der Waals surface area contributed by atoms with Crippen molar-refractivity contribution in [3.05, 3.63) is 63.5 Å². The highest BCUT2D eigenvalue weighted by atomic mass is 127. The van der Waals surface area contributed by atoms with Gasteiger partial charge in [0.15, 0.2) is 11.0 Å². The Kier molecular flexibility index (Phi) is 10.2. The molecule has 1 aromatic heterocycles. The highest BCUT2D eigenvalue weighted by Gasteiger charge is 2.13. The van der Waals surface area contributed by atoms with Crippen LogP contribution in [0.3, 0.4) is 0 Å². The van der Waals surface area contributed by atoms with Crippen LogP contribution in [0.15, 0.2) is 58.8 Å². The number of rotatable bonds is 12. The maximum atomic E-state index is 12.2. The van der Waals surface area contributed by atoms with Gasteiger partial charge in [-0.15, -0.1) is 10.2 Å². The zero-order chi connectivity index (χ0) is 24.3. The number of halogens is 1. The van der Waals surface area contributed by atoms with Crippen molar-refractivity contribution >= 4 is 57.8 Å². The molecule has 8 nitrogen and oxygen atoms in total. The lowest BCUT2D eigenvalue weighted by Crippen LogP contribution is -2.21. The van der Waals surface area contributed by atoms with Crippen LogP contribution >= 0.6 is 34.4 Å². The molecule has 0 saturated heterocycles. The number of hydrogen-bond donors (Lipinski definition) is 2. The first-order chi connectivity index (χ1) is 16.5. The van der Waals surface area contributed by atoms with Crippen LogP contribution in [0.5, 0.6) is 0 Å². The first-order valence-corrected chi connectivity index (χ1v) is 13.3. The van der Waals surface area contributed by atoms with Crippen molar-refractivity contribution in [1.29, 1.82) is 0 Å². The molecular formula is C24H30IN7OS. The number of hydrazone groups is 1. The molecule has 0 saturated carbocycles. The van der Waals surface area contributed by atoms with E-state index in [2.05, 4.69) is 91.6 Å². The van der Waals surface area contributed by atoms with Gasteiger partial charge in [0.25, 0.3) is 5.91 Å². The fraction of sp³-hybridized carbons (Fsp3) is 0.333. The highest BCUT2D eigenvalue weighted by molar-refractivity contribution is 14.1. The summed E-state index contributed by atoms with van der Waals surface area (Å²) in [6.45, 7) is 9.53. The minimum Gasteiger partial charge on any atom is -0.378 e. The largest absolute Gasteiger partial charge is 0.378 e. The number of carbonyl (C=O) groups is 1. The van der Waals surface area contributed by atoms with Crippen molar-refractivity contribution in [2.24, 2.45) is 5.10 Å². The number of thioether (sulfide) groups is 1. The predicted molar refractivity (Wildman–Crippen MR) is 149 cm³/mol. The fourth-order valence-electron chi connectivity index (χ4n) is 3.32. The van der Waals surface area contributed by atoms with E-state index in [4.69, 9.17) is 0 Å². The molecule has 0 aliphatic heterocycles. The summed E-state index contributed by atoms with van der Waals surface area (Å²) in [5.41, 5.74) is 5.72. The summed E-state index contributed by atoms with van der Waals surface area (Å²) >= 11 is 3.63. The van der Waals surface area contributed by atoms with Crippen LogP contribution in [0.1, 0.15) is 32.2 Å². The fourth-order valence-corrected chi connectivity index (χ4v) is 4.50. The molecule has 0 aliphatic rings. The topological polar surface area (TPSA) is 87.4 Å². The average molecular weight is 592 g/mol. The van der Waals surface area contributed by atoms with Crippen LogP contribution in [-0.4, -0.2) is 45.7 Å². The number of aromatic nitrogens is 3. The molecule has 0 bridgehead atoms. The number of nitrogens with one attached hydrogen (secondary N) is 2. The number of carbonyl (C=O) groups excluding carboxylic acids is 1. The van der Waals surface area contributed by atoms with Crippen LogP contribution in [0, 0.1) is 3.57 Å². The van der Waals surface area contributed by atoms with Crippen LogP contribution < -0.4 is 15.6 Å². The summed E-state index contributed by atoms with van der Waals surface area (Å²) in [4.78, 5) is 14.5. The molecule has 2 N–H and O–H groups in total. The Labute approximate surface area is 218 Å². The second-order valence-electron chi connectivity index (χ2n) is 7.35. The van der Waals surface area contributed by atoms with Gasteiger partial charge in [-0.25, -0.2) is 5.43 Å². The predicted octanol–water partition coefficient (Wildman–Crippen LogP) is 4.60. The van der Waals surface area contributed by atoms with Gasteiger partial charge in [-0.3, -0.25) is 4.79 Å². The third-order valence-corrected chi connectivity index (χ3v) is 6.85. The number of amides is 1. The molecule has 34 heavy (non-hydrogen) atoms. The summed E-state index contributed by atoms with van der Waals surface area (Å²) < 4.78 is 3.20. The van der Waals surface area contributed by atoms with Crippen LogP contribution in [0.4, 0.5) is 11.4 Å². The van der Waals surface area contributed by atoms with Crippen molar-refractivity contribution in [3.63, 3.8) is 0 Å².